The molecule has 1 unspecified atom stereocenters. The number of amides is 2. The van der Waals surface area contributed by atoms with Gasteiger partial charge in [-0.1, -0.05) is 49.1 Å². The molecule has 2 aromatic carbocycles. The highest BCUT2D eigenvalue weighted by Crippen LogP contribution is 2.42. The molecule has 2 amide bonds. The molecule has 4 rings (SSSR count). The van der Waals surface area contributed by atoms with Crippen LogP contribution in [0.5, 0.6) is 11.5 Å². The van der Waals surface area contributed by atoms with Gasteiger partial charge in [0.2, 0.25) is 0 Å². The van der Waals surface area contributed by atoms with Gasteiger partial charge >= 0.3 is 6.03 Å². The minimum Gasteiger partial charge on any atom is -0.493 e. The number of halogens is 1. The molecule has 1 heterocycles. The van der Waals surface area contributed by atoms with Crippen LogP contribution < -0.4 is 14.8 Å². The number of nitrogens with one attached hydrogen (secondary N) is 1. The molecule has 0 spiro atoms. The number of likely N-dealkylation sites (N-methyl/N-ethyl adjacent to an activating group) is 1. The lowest BCUT2D eigenvalue weighted by atomic mass is 9.87. The van der Waals surface area contributed by atoms with E-state index in [1.165, 1.54) is 32.1 Å². The molecule has 7 heteroatoms. The fourth-order valence-electron chi connectivity index (χ4n) is 5.34. The van der Waals surface area contributed by atoms with Crippen LogP contribution in [0.1, 0.15) is 54.8 Å². The predicted octanol–water partition coefficient (Wildman–Crippen LogP) is 5.28. The fourth-order valence-corrected chi connectivity index (χ4v) is 5.58. The number of carbonyl (C=O) groups is 1. The summed E-state index contributed by atoms with van der Waals surface area (Å²) in [6.07, 6.45) is 7.22. The van der Waals surface area contributed by atoms with Gasteiger partial charge in [0.25, 0.3) is 0 Å². The van der Waals surface area contributed by atoms with Gasteiger partial charge < -0.3 is 24.6 Å². The van der Waals surface area contributed by atoms with E-state index in [1.54, 1.807) is 14.2 Å². The molecule has 6 nitrogen and oxygen atoms in total. The van der Waals surface area contributed by atoms with Crippen LogP contribution >= 0.6 is 11.6 Å². The van der Waals surface area contributed by atoms with E-state index in [-0.39, 0.29) is 12.1 Å². The Kier molecular flexibility index (Phi) is 8.22. The summed E-state index contributed by atoms with van der Waals surface area (Å²) in [6, 6.07) is 12.0. The molecule has 0 bridgehead atoms. The lowest BCUT2D eigenvalue weighted by Crippen LogP contribution is -2.48. The summed E-state index contributed by atoms with van der Waals surface area (Å²) in [5.74, 6) is 1.34. The number of benzene rings is 2. The molecule has 0 radical (unpaired) electrons. The van der Waals surface area contributed by atoms with Gasteiger partial charge in [-0.05, 0) is 61.2 Å². The lowest BCUT2D eigenvalue weighted by molar-refractivity contribution is 0.170. The Labute approximate surface area is 208 Å². The van der Waals surface area contributed by atoms with Crippen molar-refractivity contribution in [2.24, 2.45) is 0 Å². The van der Waals surface area contributed by atoms with Crippen molar-refractivity contribution in [2.45, 2.75) is 50.6 Å². The summed E-state index contributed by atoms with van der Waals surface area (Å²) in [4.78, 5) is 17.7. The first-order valence-electron chi connectivity index (χ1n) is 12.3. The highest BCUT2D eigenvalue weighted by atomic mass is 35.5. The summed E-state index contributed by atoms with van der Waals surface area (Å²) in [7, 11) is 5.44. The Morgan fingerprint density at radius 3 is 2.50 bits per heavy atom. The van der Waals surface area contributed by atoms with Crippen molar-refractivity contribution >= 4 is 17.6 Å². The van der Waals surface area contributed by atoms with Crippen LogP contribution in [-0.2, 0) is 6.42 Å². The monoisotopic (exact) mass is 485 g/mol. The summed E-state index contributed by atoms with van der Waals surface area (Å²) in [6.45, 7) is 2.07. The largest absolute Gasteiger partial charge is 0.493 e. The minimum atomic E-state index is -0.298. The first-order chi connectivity index (χ1) is 16.5. The number of hydrogen-bond acceptors (Lipinski definition) is 4. The molecule has 1 fully saturated rings. The van der Waals surface area contributed by atoms with E-state index in [1.807, 2.05) is 41.3 Å². The molecule has 1 aliphatic carbocycles. The maximum absolute atomic E-state index is 13.4. The van der Waals surface area contributed by atoms with Gasteiger partial charge in [0.05, 0.1) is 20.3 Å². The van der Waals surface area contributed by atoms with Crippen LogP contribution in [0.2, 0.25) is 5.02 Å². The second-order valence-electron chi connectivity index (χ2n) is 9.28. The number of rotatable bonds is 7. The van der Waals surface area contributed by atoms with Crippen LogP contribution in [0.3, 0.4) is 0 Å². The molecular formula is C27H36ClN3O3. The first-order valence-corrected chi connectivity index (χ1v) is 12.6. The standard InChI is InChI=1S/C27H36ClN3O3/c1-30(20-9-5-4-6-10-20)16-14-29-27(32)31-15-13-19-17-24(33-2)25(34-3)18-22(19)26(31)21-11-7-8-12-23(21)28/h7-8,11-12,17-18,20,26H,4-6,9-10,13-16H2,1-3H3,(H,29,32). The van der Waals surface area contributed by atoms with Crippen molar-refractivity contribution in [1.82, 2.24) is 15.1 Å². The number of hydrogen-bond donors (Lipinski definition) is 1. The molecule has 1 aliphatic heterocycles. The van der Waals surface area contributed by atoms with Crippen LogP contribution in [0.4, 0.5) is 4.79 Å². The number of urea groups is 1. The molecule has 1 saturated carbocycles. The fraction of sp³-hybridized carbons (Fsp3) is 0.519. The highest BCUT2D eigenvalue weighted by Gasteiger charge is 2.34. The van der Waals surface area contributed by atoms with E-state index < -0.39 is 0 Å². The molecule has 2 aliphatic rings. The zero-order valence-corrected chi connectivity index (χ0v) is 21.2. The number of methoxy groups -OCH3 is 2. The van der Waals surface area contributed by atoms with E-state index in [0.29, 0.717) is 35.7 Å². The SMILES string of the molecule is COc1cc2c(cc1OC)C(c1ccccc1Cl)N(C(=O)NCCN(C)C1CCCCC1)CC2. The van der Waals surface area contributed by atoms with Gasteiger partial charge in [0.1, 0.15) is 0 Å². The van der Waals surface area contributed by atoms with Crippen molar-refractivity contribution in [1.29, 1.82) is 0 Å². The molecule has 0 aromatic heterocycles. The van der Waals surface area contributed by atoms with E-state index >= 15 is 0 Å². The Balaban J connectivity index is 1.55. The van der Waals surface area contributed by atoms with Crippen molar-refractivity contribution in [3.05, 3.63) is 58.1 Å². The second-order valence-corrected chi connectivity index (χ2v) is 9.69. The van der Waals surface area contributed by atoms with Gasteiger partial charge in [-0.2, -0.15) is 0 Å². The Morgan fingerprint density at radius 2 is 1.79 bits per heavy atom. The molecule has 1 N–H and O–H groups in total. The summed E-state index contributed by atoms with van der Waals surface area (Å²) < 4.78 is 11.1. The van der Waals surface area contributed by atoms with Gasteiger partial charge in [0, 0.05) is 30.7 Å². The van der Waals surface area contributed by atoms with Crippen LogP contribution in [0, 0.1) is 0 Å². The van der Waals surface area contributed by atoms with Crippen LogP contribution in [0.25, 0.3) is 0 Å². The number of nitrogens with zero attached hydrogens (tertiary/aromatic N) is 2. The lowest BCUT2D eigenvalue weighted by Gasteiger charge is -2.38. The zero-order valence-electron chi connectivity index (χ0n) is 20.5. The van der Waals surface area contributed by atoms with Gasteiger partial charge in [0.15, 0.2) is 11.5 Å². The number of ether oxygens (including phenoxy) is 2. The third-order valence-corrected chi connectivity index (χ3v) is 7.62. The van der Waals surface area contributed by atoms with Crippen molar-refractivity contribution in [3.63, 3.8) is 0 Å². The third kappa shape index (κ3) is 5.28. The third-order valence-electron chi connectivity index (χ3n) is 7.27. The van der Waals surface area contributed by atoms with E-state index in [2.05, 4.69) is 17.3 Å². The Hall–Kier alpha value is -2.44. The zero-order chi connectivity index (χ0) is 24.1. The van der Waals surface area contributed by atoms with E-state index in [9.17, 15) is 4.79 Å². The number of carbonyl (C=O) groups excluding carboxylic acids is 1. The summed E-state index contributed by atoms with van der Waals surface area (Å²) >= 11 is 6.64. The number of fused-ring (bicyclic) bond motifs is 1. The quantitative estimate of drug-likeness (QED) is 0.579. The van der Waals surface area contributed by atoms with Crippen molar-refractivity contribution in [3.8, 4) is 11.5 Å². The topological polar surface area (TPSA) is 54.0 Å². The van der Waals surface area contributed by atoms with Gasteiger partial charge in [-0.25, -0.2) is 4.79 Å². The van der Waals surface area contributed by atoms with E-state index in [0.717, 1.165) is 29.7 Å². The van der Waals surface area contributed by atoms with Gasteiger partial charge in [-0.3, -0.25) is 0 Å². The van der Waals surface area contributed by atoms with Crippen LogP contribution in [-0.4, -0.2) is 62.8 Å². The predicted molar refractivity (Wildman–Crippen MR) is 136 cm³/mol. The van der Waals surface area contributed by atoms with E-state index in [4.69, 9.17) is 21.1 Å². The van der Waals surface area contributed by atoms with Gasteiger partial charge in [-0.15, -0.1) is 0 Å². The average molecular weight is 486 g/mol. The molecule has 1 atom stereocenters. The minimum absolute atomic E-state index is 0.0672. The van der Waals surface area contributed by atoms with Crippen LogP contribution in [0.15, 0.2) is 36.4 Å². The summed E-state index contributed by atoms with van der Waals surface area (Å²) in [5.41, 5.74) is 3.07. The maximum Gasteiger partial charge on any atom is 0.318 e. The smallest absolute Gasteiger partial charge is 0.318 e. The summed E-state index contributed by atoms with van der Waals surface area (Å²) in [5, 5.41) is 3.81. The molecular weight excluding hydrogens is 450 g/mol. The maximum atomic E-state index is 13.4. The molecule has 0 saturated heterocycles. The molecule has 34 heavy (non-hydrogen) atoms. The highest BCUT2D eigenvalue weighted by molar-refractivity contribution is 6.31. The van der Waals surface area contributed by atoms with Crippen molar-refractivity contribution in [2.75, 3.05) is 40.9 Å². The van der Waals surface area contributed by atoms with Crippen molar-refractivity contribution < 1.29 is 14.3 Å². The second kappa shape index (κ2) is 11.3. The Bertz CT molecular complexity index is 993. The molecule has 2 aromatic rings. The Morgan fingerprint density at radius 1 is 1.09 bits per heavy atom. The first kappa shape index (κ1) is 24.7. The average Bonchev–Trinajstić information content (AvgIpc) is 2.87. The normalized spacial score (nSPS) is 18.5. The molecule has 184 valence electrons.